The van der Waals surface area contributed by atoms with Crippen molar-refractivity contribution < 1.29 is 17.9 Å². The van der Waals surface area contributed by atoms with Crippen LogP contribution in [0.5, 0.6) is 5.88 Å². The van der Waals surface area contributed by atoms with Crippen LogP contribution < -0.4 is 9.46 Å². The van der Waals surface area contributed by atoms with Crippen LogP contribution >= 0.6 is 0 Å². The number of carbonyl (C=O) groups is 1. The van der Waals surface area contributed by atoms with E-state index in [4.69, 9.17) is 4.74 Å². The van der Waals surface area contributed by atoms with Crippen molar-refractivity contribution in [2.45, 2.75) is 38.2 Å². The summed E-state index contributed by atoms with van der Waals surface area (Å²) in [6, 6.07) is 10.0. The zero-order valence-corrected chi connectivity index (χ0v) is 20.0. The van der Waals surface area contributed by atoms with Gasteiger partial charge in [0.15, 0.2) is 5.69 Å². The van der Waals surface area contributed by atoms with Gasteiger partial charge in [-0.15, -0.1) is 0 Å². The minimum absolute atomic E-state index is 0.0737. The fraction of sp³-hybridized carbons (Fsp3) is 0.333. The maximum atomic E-state index is 13.0. The summed E-state index contributed by atoms with van der Waals surface area (Å²) < 4.78 is 34.1. The molecule has 34 heavy (non-hydrogen) atoms. The molecule has 0 spiro atoms. The van der Waals surface area contributed by atoms with Crippen LogP contribution in [0.15, 0.2) is 59.9 Å². The van der Waals surface area contributed by atoms with Gasteiger partial charge in [-0.05, 0) is 43.9 Å². The lowest BCUT2D eigenvalue weighted by Crippen LogP contribution is -2.39. The topological polar surface area (TPSA) is 114 Å². The number of hydrogen-bond donors (Lipinski definition) is 1. The first-order chi connectivity index (χ1) is 16.3. The van der Waals surface area contributed by atoms with Crippen LogP contribution in [-0.4, -0.2) is 47.3 Å². The zero-order chi connectivity index (χ0) is 24.1. The van der Waals surface area contributed by atoms with Crippen molar-refractivity contribution in [3.05, 3.63) is 71.8 Å². The van der Waals surface area contributed by atoms with Crippen molar-refractivity contribution in [3.63, 3.8) is 0 Å². The summed E-state index contributed by atoms with van der Waals surface area (Å²) >= 11 is 0. The zero-order valence-electron chi connectivity index (χ0n) is 19.1. The van der Waals surface area contributed by atoms with Crippen molar-refractivity contribution in [1.82, 2.24) is 19.9 Å². The number of sulfonamides is 1. The number of amides is 1. The molecular formula is C24H27N5O4S. The molecule has 10 heteroatoms. The number of ether oxygens (including phenoxy) is 1. The molecule has 3 aromatic rings. The van der Waals surface area contributed by atoms with E-state index < -0.39 is 10.0 Å². The summed E-state index contributed by atoms with van der Waals surface area (Å²) in [4.78, 5) is 27.5. The standard InChI is InChI=1S/C24H27N5O4S/c1-17-7-9-20(10-8-17)34(31,32)28-22-23(33-16-19-6-3-11-25-13-19)27-21(14-26-22)24(30)29-12-4-5-18(2)15-29/h3,6-11,13-14,18H,4-5,12,15-16H2,1-2H3,(H,26,28). The Bertz CT molecular complexity index is 1250. The van der Waals surface area contributed by atoms with Crippen LogP contribution in [0.2, 0.25) is 0 Å². The molecule has 178 valence electrons. The fourth-order valence-corrected chi connectivity index (χ4v) is 4.73. The minimum Gasteiger partial charge on any atom is -0.470 e. The summed E-state index contributed by atoms with van der Waals surface area (Å²) in [5.41, 5.74) is 1.81. The van der Waals surface area contributed by atoms with E-state index in [0.717, 1.165) is 24.0 Å². The predicted molar refractivity (Wildman–Crippen MR) is 127 cm³/mol. The third kappa shape index (κ3) is 5.69. The van der Waals surface area contributed by atoms with E-state index >= 15 is 0 Å². The Labute approximate surface area is 199 Å². The molecule has 0 saturated carbocycles. The SMILES string of the molecule is Cc1ccc(S(=O)(=O)Nc2ncc(C(=O)N3CCCC(C)C3)nc2OCc2cccnc2)cc1. The van der Waals surface area contributed by atoms with Crippen LogP contribution in [0.25, 0.3) is 0 Å². The van der Waals surface area contributed by atoms with E-state index in [0.29, 0.717) is 19.0 Å². The maximum Gasteiger partial charge on any atom is 0.274 e. The van der Waals surface area contributed by atoms with Gasteiger partial charge in [0, 0.05) is 31.0 Å². The average molecular weight is 482 g/mol. The number of hydrogen-bond acceptors (Lipinski definition) is 7. The van der Waals surface area contributed by atoms with Gasteiger partial charge in [0.1, 0.15) is 6.61 Å². The van der Waals surface area contributed by atoms with Crippen molar-refractivity contribution in [1.29, 1.82) is 0 Å². The van der Waals surface area contributed by atoms with Gasteiger partial charge in [-0.25, -0.2) is 18.4 Å². The molecule has 1 atom stereocenters. The van der Waals surface area contributed by atoms with Crippen molar-refractivity contribution in [2.75, 3.05) is 17.8 Å². The normalized spacial score (nSPS) is 16.2. The van der Waals surface area contributed by atoms with Gasteiger partial charge in [-0.3, -0.25) is 14.5 Å². The summed E-state index contributed by atoms with van der Waals surface area (Å²) in [6.07, 6.45) is 6.57. The quantitative estimate of drug-likeness (QED) is 0.550. The largest absolute Gasteiger partial charge is 0.470 e. The van der Waals surface area contributed by atoms with Crippen molar-refractivity contribution in [3.8, 4) is 5.88 Å². The Kier molecular flexibility index (Phi) is 7.06. The van der Waals surface area contributed by atoms with E-state index in [1.165, 1.54) is 18.3 Å². The number of nitrogens with one attached hydrogen (secondary N) is 1. The summed E-state index contributed by atoms with van der Waals surface area (Å²) in [6.45, 7) is 5.36. The van der Waals surface area contributed by atoms with Gasteiger partial charge in [0.05, 0.1) is 11.1 Å². The Morgan fingerprint density at radius 3 is 2.71 bits per heavy atom. The molecule has 9 nitrogen and oxygen atoms in total. The third-order valence-electron chi connectivity index (χ3n) is 5.56. The van der Waals surface area contributed by atoms with E-state index in [1.807, 2.05) is 13.0 Å². The maximum absolute atomic E-state index is 13.0. The molecule has 3 heterocycles. The number of aryl methyl sites for hydroxylation is 1. The van der Waals surface area contributed by atoms with Crippen molar-refractivity contribution >= 4 is 21.7 Å². The van der Waals surface area contributed by atoms with Crippen LogP contribution in [0.1, 0.15) is 41.4 Å². The number of anilines is 1. The first-order valence-electron chi connectivity index (χ1n) is 11.1. The lowest BCUT2D eigenvalue weighted by molar-refractivity contribution is 0.0675. The van der Waals surface area contributed by atoms with Crippen LogP contribution in [0.4, 0.5) is 5.82 Å². The van der Waals surface area contributed by atoms with E-state index in [9.17, 15) is 13.2 Å². The molecule has 1 aliphatic heterocycles. The van der Waals surface area contributed by atoms with Gasteiger partial charge >= 0.3 is 0 Å². The summed E-state index contributed by atoms with van der Waals surface area (Å²) in [5, 5.41) is 0. The molecule has 1 aromatic carbocycles. The lowest BCUT2D eigenvalue weighted by Gasteiger charge is -2.30. The Hall–Kier alpha value is -3.53. The predicted octanol–water partition coefficient (Wildman–Crippen LogP) is 3.43. The number of aromatic nitrogens is 3. The second-order valence-corrected chi connectivity index (χ2v) is 10.2. The molecule has 0 aliphatic carbocycles. The van der Waals surface area contributed by atoms with Crippen LogP contribution in [0, 0.1) is 12.8 Å². The molecule has 1 saturated heterocycles. The van der Waals surface area contributed by atoms with Gasteiger partial charge in [0.25, 0.3) is 21.8 Å². The smallest absolute Gasteiger partial charge is 0.274 e. The average Bonchev–Trinajstić information content (AvgIpc) is 2.83. The number of carbonyl (C=O) groups excluding carboxylic acids is 1. The van der Waals surface area contributed by atoms with Crippen molar-refractivity contribution in [2.24, 2.45) is 5.92 Å². The molecule has 1 unspecified atom stereocenters. The Morgan fingerprint density at radius 1 is 1.21 bits per heavy atom. The van der Waals surface area contributed by atoms with Gasteiger partial charge in [-0.2, -0.15) is 0 Å². The second-order valence-electron chi connectivity index (χ2n) is 8.48. The molecule has 1 fully saturated rings. The highest BCUT2D eigenvalue weighted by Crippen LogP contribution is 2.25. The highest BCUT2D eigenvalue weighted by Gasteiger charge is 2.26. The first kappa shape index (κ1) is 23.6. The third-order valence-corrected chi connectivity index (χ3v) is 6.92. The Morgan fingerprint density at radius 2 is 2.00 bits per heavy atom. The number of benzene rings is 1. The van der Waals surface area contributed by atoms with Gasteiger partial charge in [-0.1, -0.05) is 30.7 Å². The number of piperidine rings is 1. The Balaban J connectivity index is 1.62. The minimum atomic E-state index is -3.94. The molecular weight excluding hydrogens is 454 g/mol. The second kappa shape index (κ2) is 10.2. The molecule has 4 rings (SSSR count). The van der Waals surface area contributed by atoms with Crippen LogP contribution in [-0.2, 0) is 16.6 Å². The first-order valence-corrected chi connectivity index (χ1v) is 12.6. The van der Waals surface area contributed by atoms with Crippen LogP contribution in [0.3, 0.4) is 0 Å². The molecule has 2 aromatic heterocycles. The van der Waals surface area contributed by atoms with E-state index in [1.54, 1.807) is 35.5 Å². The van der Waals surface area contributed by atoms with E-state index in [-0.39, 0.29) is 34.8 Å². The van der Waals surface area contributed by atoms with Gasteiger partial charge < -0.3 is 9.64 Å². The monoisotopic (exact) mass is 481 g/mol. The number of likely N-dealkylation sites (tertiary alicyclic amines) is 1. The highest BCUT2D eigenvalue weighted by molar-refractivity contribution is 7.92. The number of rotatable bonds is 7. The molecule has 1 aliphatic rings. The summed E-state index contributed by atoms with van der Waals surface area (Å²) in [7, 11) is -3.94. The molecule has 1 N–H and O–H groups in total. The number of nitrogens with zero attached hydrogens (tertiary/aromatic N) is 4. The highest BCUT2D eigenvalue weighted by atomic mass is 32.2. The van der Waals surface area contributed by atoms with E-state index in [2.05, 4.69) is 26.6 Å². The fourth-order valence-electron chi connectivity index (χ4n) is 3.72. The molecule has 1 amide bonds. The number of pyridine rings is 1. The molecule has 0 radical (unpaired) electrons. The molecule has 0 bridgehead atoms. The summed E-state index contributed by atoms with van der Waals surface area (Å²) in [5.74, 6) is -0.00533. The lowest BCUT2D eigenvalue weighted by atomic mass is 10.0. The van der Waals surface area contributed by atoms with Gasteiger partial charge in [0.2, 0.25) is 5.82 Å².